The van der Waals surface area contributed by atoms with E-state index in [1.807, 2.05) is 0 Å². The van der Waals surface area contributed by atoms with Crippen molar-refractivity contribution in [3.05, 3.63) is 0 Å². The minimum absolute atomic E-state index is 0.0398. The summed E-state index contributed by atoms with van der Waals surface area (Å²) in [5.74, 6) is -1.12. The highest BCUT2D eigenvalue weighted by Gasteiger charge is 2.28. The predicted octanol–water partition coefficient (Wildman–Crippen LogP) is 2.17. The fourth-order valence-corrected chi connectivity index (χ4v) is 1.96. The number of nitrogens with one attached hydrogen (secondary N) is 1. The molecule has 2 N–H and O–H groups in total. The van der Waals surface area contributed by atoms with Gasteiger partial charge in [0.25, 0.3) is 0 Å². The van der Waals surface area contributed by atoms with Crippen molar-refractivity contribution >= 4 is 5.97 Å². The summed E-state index contributed by atoms with van der Waals surface area (Å²) in [4.78, 5) is 10.6. The molecule has 0 aromatic carbocycles. The van der Waals surface area contributed by atoms with Crippen LogP contribution in [-0.2, 0) is 4.79 Å². The first-order valence-corrected chi connectivity index (χ1v) is 5.41. The molecule has 1 fully saturated rings. The highest BCUT2D eigenvalue weighted by Crippen LogP contribution is 2.25. The Morgan fingerprint density at radius 1 is 1.25 bits per heavy atom. The second-order valence-electron chi connectivity index (χ2n) is 4.21. The summed E-state index contributed by atoms with van der Waals surface area (Å²) in [7, 11) is 0. The molecule has 0 aromatic rings. The van der Waals surface area contributed by atoms with Crippen LogP contribution in [-0.4, -0.2) is 29.8 Å². The lowest BCUT2D eigenvalue weighted by molar-refractivity contribution is -0.142. The summed E-state index contributed by atoms with van der Waals surface area (Å²) < 4.78 is 35.6. The zero-order valence-corrected chi connectivity index (χ0v) is 8.89. The molecule has 0 spiro atoms. The Morgan fingerprint density at radius 2 is 1.81 bits per heavy atom. The van der Waals surface area contributed by atoms with E-state index in [0.29, 0.717) is 25.7 Å². The summed E-state index contributed by atoms with van der Waals surface area (Å²) in [5, 5.41) is 11.6. The molecule has 0 aromatic heterocycles. The van der Waals surface area contributed by atoms with E-state index in [-0.39, 0.29) is 18.5 Å². The minimum atomic E-state index is -4.12. The first-order chi connectivity index (χ1) is 7.38. The number of hydrogen-bond acceptors (Lipinski definition) is 2. The minimum Gasteiger partial charge on any atom is -0.481 e. The molecule has 94 valence electrons. The van der Waals surface area contributed by atoms with Gasteiger partial charge in [0, 0.05) is 12.6 Å². The third-order valence-electron chi connectivity index (χ3n) is 2.92. The van der Waals surface area contributed by atoms with Crippen molar-refractivity contribution in [2.45, 2.75) is 44.3 Å². The topological polar surface area (TPSA) is 49.3 Å². The summed E-state index contributed by atoms with van der Waals surface area (Å²) in [5.41, 5.74) is 0. The van der Waals surface area contributed by atoms with Crippen LogP contribution < -0.4 is 5.32 Å². The zero-order valence-electron chi connectivity index (χ0n) is 8.89. The first kappa shape index (κ1) is 13.3. The van der Waals surface area contributed by atoms with E-state index in [1.165, 1.54) is 0 Å². The standard InChI is InChI=1S/C10H16F3NO2/c11-10(12,13)5-6-14-8-3-1-7(2-4-8)9(15)16/h7-8,14H,1-6H2,(H,15,16). The average molecular weight is 239 g/mol. The highest BCUT2D eigenvalue weighted by atomic mass is 19.4. The zero-order chi connectivity index (χ0) is 12.2. The largest absolute Gasteiger partial charge is 0.481 e. The number of carboxylic acid groups (broad SMARTS) is 1. The molecule has 0 amide bonds. The maximum absolute atomic E-state index is 11.9. The van der Waals surface area contributed by atoms with Crippen LogP contribution in [0.15, 0.2) is 0 Å². The van der Waals surface area contributed by atoms with Crippen LogP contribution in [0.1, 0.15) is 32.1 Å². The molecule has 1 rings (SSSR count). The molecule has 0 radical (unpaired) electrons. The van der Waals surface area contributed by atoms with Crippen LogP contribution in [0.5, 0.6) is 0 Å². The second-order valence-corrected chi connectivity index (χ2v) is 4.21. The van der Waals surface area contributed by atoms with Gasteiger partial charge in [0.05, 0.1) is 12.3 Å². The number of carboxylic acids is 1. The maximum atomic E-state index is 11.9. The lowest BCUT2D eigenvalue weighted by atomic mass is 9.86. The molecule has 0 heterocycles. The van der Waals surface area contributed by atoms with Crippen LogP contribution in [0.3, 0.4) is 0 Å². The Labute approximate surface area is 92.0 Å². The Balaban J connectivity index is 2.15. The second kappa shape index (κ2) is 5.52. The van der Waals surface area contributed by atoms with Gasteiger partial charge in [-0.05, 0) is 25.7 Å². The molecule has 6 heteroatoms. The van der Waals surface area contributed by atoms with Crippen molar-refractivity contribution in [3.8, 4) is 0 Å². The monoisotopic (exact) mass is 239 g/mol. The fraction of sp³-hybridized carbons (Fsp3) is 0.900. The average Bonchev–Trinajstić information content (AvgIpc) is 2.16. The third kappa shape index (κ3) is 4.83. The molecule has 16 heavy (non-hydrogen) atoms. The van der Waals surface area contributed by atoms with Crippen molar-refractivity contribution in [2.75, 3.05) is 6.54 Å². The molecule has 0 unspecified atom stereocenters. The third-order valence-corrected chi connectivity index (χ3v) is 2.92. The summed E-state index contributed by atoms with van der Waals surface area (Å²) >= 11 is 0. The number of halogens is 3. The van der Waals surface area contributed by atoms with Gasteiger partial charge in [-0.2, -0.15) is 13.2 Å². The molecule has 0 saturated heterocycles. The number of carbonyl (C=O) groups is 1. The Hall–Kier alpha value is -0.780. The van der Waals surface area contributed by atoms with Gasteiger partial charge in [0.2, 0.25) is 0 Å². The molecule has 1 saturated carbocycles. The van der Waals surface area contributed by atoms with E-state index in [2.05, 4.69) is 5.32 Å². The molecule has 0 aliphatic heterocycles. The van der Waals surface area contributed by atoms with E-state index in [1.54, 1.807) is 0 Å². The normalized spacial score (nSPS) is 26.7. The van der Waals surface area contributed by atoms with Gasteiger partial charge < -0.3 is 10.4 Å². The number of alkyl halides is 3. The quantitative estimate of drug-likeness (QED) is 0.790. The van der Waals surface area contributed by atoms with E-state index >= 15 is 0 Å². The molecular weight excluding hydrogens is 223 g/mol. The van der Waals surface area contributed by atoms with E-state index in [0.717, 1.165) is 0 Å². The molecule has 1 aliphatic rings. The molecule has 0 bridgehead atoms. The number of rotatable bonds is 4. The molecule has 0 atom stereocenters. The van der Waals surface area contributed by atoms with Crippen molar-refractivity contribution in [3.63, 3.8) is 0 Å². The summed E-state index contributed by atoms with van der Waals surface area (Å²) in [6.07, 6.45) is -2.54. The van der Waals surface area contributed by atoms with Crippen molar-refractivity contribution < 1.29 is 23.1 Å². The fourth-order valence-electron chi connectivity index (χ4n) is 1.96. The Kier molecular flexibility index (Phi) is 4.58. The van der Waals surface area contributed by atoms with Crippen molar-refractivity contribution in [1.29, 1.82) is 0 Å². The number of aliphatic carboxylic acids is 1. The van der Waals surface area contributed by atoms with Gasteiger partial charge in [-0.3, -0.25) is 4.79 Å². The Morgan fingerprint density at radius 3 is 2.25 bits per heavy atom. The molecular formula is C10H16F3NO2. The Bertz CT molecular complexity index is 235. The van der Waals surface area contributed by atoms with Crippen LogP contribution >= 0.6 is 0 Å². The lowest BCUT2D eigenvalue weighted by Crippen LogP contribution is -2.36. The van der Waals surface area contributed by atoms with E-state index < -0.39 is 18.6 Å². The van der Waals surface area contributed by atoms with Gasteiger partial charge in [-0.15, -0.1) is 0 Å². The van der Waals surface area contributed by atoms with Crippen LogP contribution in [0, 0.1) is 5.92 Å². The first-order valence-electron chi connectivity index (χ1n) is 5.41. The van der Waals surface area contributed by atoms with Crippen LogP contribution in [0.2, 0.25) is 0 Å². The van der Waals surface area contributed by atoms with Gasteiger partial charge in [0.15, 0.2) is 0 Å². The van der Waals surface area contributed by atoms with Gasteiger partial charge in [-0.25, -0.2) is 0 Å². The van der Waals surface area contributed by atoms with Gasteiger partial charge in [0.1, 0.15) is 0 Å². The SMILES string of the molecule is O=C(O)C1CCC(NCCC(F)(F)F)CC1. The molecule has 3 nitrogen and oxygen atoms in total. The van der Waals surface area contributed by atoms with E-state index in [9.17, 15) is 18.0 Å². The molecule has 1 aliphatic carbocycles. The van der Waals surface area contributed by atoms with Gasteiger partial charge >= 0.3 is 12.1 Å². The van der Waals surface area contributed by atoms with Crippen LogP contribution in [0.25, 0.3) is 0 Å². The smallest absolute Gasteiger partial charge is 0.390 e. The summed E-state index contributed by atoms with van der Waals surface area (Å²) in [6.45, 7) is -0.0775. The predicted molar refractivity (Wildman–Crippen MR) is 52.1 cm³/mol. The number of hydrogen-bond donors (Lipinski definition) is 2. The van der Waals surface area contributed by atoms with Gasteiger partial charge in [-0.1, -0.05) is 0 Å². The van der Waals surface area contributed by atoms with Crippen molar-refractivity contribution in [2.24, 2.45) is 5.92 Å². The van der Waals surface area contributed by atoms with Crippen LogP contribution in [0.4, 0.5) is 13.2 Å². The highest BCUT2D eigenvalue weighted by molar-refractivity contribution is 5.70. The summed E-state index contributed by atoms with van der Waals surface area (Å²) in [6, 6.07) is 0.0398. The van der Waals surface area contributed by atoms with E-state index in [4.69, 9.17) is 5.11 Å². The lowest BCUT2D eigenvalue weighted by Gasteiger charge is -2.27. The maximum Gasteiger partial charge on any atom is 0.390 e. The van der Waals surface area contributed by atoms with Crippen molar-refractivity contribution in [1.82, 2.24) is 5.32 Å².